The fraction of sp³-hybridized carbons (Fsp3) is 0.333. The molecule has 152 valence electrons. The summed E-state index contributed by atoms with van der Waals surface area (Å²) >= 11 is 3.58. The van der Waals surface area contributed by atoms with Crippen molar-refractivity contribution in [3.05, 3.63) is 62.1 Å². The van der Waals surface area contributed by atoms with Crippen LogP contribution in [0, 0.1) is 16.0 Å². The molecule has 1 heterocycles. The molecule has 2 aromatic carbocycles. The number of benzene rings is 2. The van der Waals surface area contributed by atoms with Gasteiger partial charge in [-0.15, -0.1) is 0 Å². The minimum absolute atomic E-state index is 0.0195. The Balaban J connectivity index is 1.84. The molecule has 0 saturated heterocycles. The average molecular weight is 461 g/mol. The normalized spacial score (nSPS) is 21.7. The molecule has 1 aliphatic heterocycles. The van der Waals surface area contributed by atoms with Crippen molar-refractivity contribution in [1.82, 2.24) is 0 Å². The highest BCUT2D eigenvalue weighted by Gasteiger charge is 2.40. The monoisotopic (exact) mass is 460 g/mol. The average Bonchev–Trinajstić information content (AvgIpc) is 3.21. The lowest BCUT2D eigenvalue weighted by molar-refractivity contribution is -0.385. The zero-order valence-corrected chi connectivity index (χ0v) is 17.9. The first kappa shape index (κ1) is 19.6. The summed E-state index contributed by atoms with van der Waals surface area (Å²) in [6, 6.07) is 7.09. The van der Waals surface area contributed by atoms with Crippen LogP contribution in [0.5, 0.6) is 17.2 Å². The van der Waals surface area contributed by atoms with Crippen LogP contribution < -0.4 is 19.5 Å². The van der Waals surface area contributed by atoms with Gasteiger partial charge in [-0.25, -0.2) is 0 Å². The molecule has 0 bridgehead atoms. The van der Waals surface area contributed by atoms with Crippen LogP contribution in [0.3, 0.4) is 0 Å². The Kier molecular flexibility index (Phi) is 5.12. The van der Waals surface area contributed by atoms with E-state index in [2.05, 4.69) is 33.4 Å². The van der Waals surface area contributed by atoms with E-state index < -0.39 is 0 Å². The number of anilines is 1. The Hall–Kier alpha value is -2.74. The first-order valence-electron chi connectivity index (χ1n) is 9.19. The SMILES string of the molecule is COc1cc([N+](=O)[O-])cc2c1NC(c1cc(Br)c(OC)c(OC)c1)C1CC=CC21. The van der Waals surface area contributed by atoms with Gasteiger partial charge in [0.05, 0.1) is 48.5 Å². The molecule has 0 aromatic heterocycles. The fourth-order valence-corrected chi connectivity index (χ4v) is 4.99. The van der Waals surface area contributed by atoms with Crippen molar-refractivity contribution >= 4 is 27.3 Å². The second-order valence-corrected chi connectivity index (χ2v) is 7.94. The van der Waals surface area contributed by atoms with E-state index in [1.807, 2.05) is 12.1 Å². The van der Waals surface area contributed by atoms with Crippen molar-refractivity contribution < 1.29 is 19.1 Å². The number of hydrogen-bond acceptors (Lipinski definition) is 6. The summed E-state index contributed by atoms with van der Waals surface area (Å²) in [5.74, 6) is 2.04. The zero-order valence-electron chi connectivity index (χ0n) is 16.3. The maximum atomic E-state index is 11.4. The molecule has 0 spiro atoms. The van der Waals surface area contributed by atoms with Crippen LogP contribution in [0.15, 0.2) is 40.9 Å². The number of hydrogen-bond donors (Lipinski definition) is 1. The van der Waals surface area contributed by atoms with E-state index in [0.717, 1.165) is 27.7 Å². The third kappa shape index (κ3) is 3.21. The van der Waals surface area contributed by atoms with Crippen molar-refractivity contribution in [3.63, 3.8) is 0 Å². The third-order valence-corrected chi connectivity index (χ3v) is 6.25. The van der Waals surface area contributed by atoms with Gasteiger partial charge >= 0.3 is 0 Å². The van der Waals surface area contributed by atoms with Gasteiger partial charge in [0.2, 0.25) is 0 Å². The summed E-state index contributed by atoms with van der Waals surface area (Å²) in [5, 5.41) is 15.0. The van der Waals surface area contributed by atoms with E-state index in [1.54, 1.807) is 20.3 Å². The van der Waals surface area contributed by atoms with Crippen molar-refractivity contribution in [2.45, 2.75) is 18.4 Å². The van der Waals surface area contributed by atoms with Crippen LogP contribution in [0.2, 0.25) is 0 Å². The Morgan fingerprint density at radius 3 is 2.52 bits per heavy atom. The number of rotatable bonds is 5. The number of ether oxygens (including phenoxy) is 3. The first-order chi connectivity index (χ1) is 14.0. The molecule has 4 rings (SSSR count). The molecule has 1 aliphatic carbocycles. The molecule has 0 saturated carbocycles. The Morgan fingerprint density at radius 2 is 1.86 bits per heavy atom. The number of methoxy groups -OCH3 is 3. The molecule has 8 heteroatoms. The number of allylic oxidation sites excluding steroid dienone is 2. The highest BCUT2D eigenvalue weighted by molar-refractivity contribution is 9.10. The quantitative estimate of drug-likeness (QED) is 0.374. The molecule has 1 N–H and O–H groups in total. The number of non-ortho nitro benzene ring substituents is 1. The smallest absolute Gasteiger partial charge is 0.273 e. The molecule has 3 unspecified atom stereocenters. The topological polar surface area (TPSA) is 82.9 Å². The van der Waals surface area contributed by atoms with E-state index in [4.69, 9.17) is 14.2 Å². The fourth-order valence-electron chi connectivity index (χ4n) is 4.37. The number of nitrogens with zero attached hydrogens (tertiary/aromatic N) is 1. The van der Waals surface area contributed by atoms with Crippen LogP contribution in [0.4, 0.5) is 11.4 Å². The minimum atomic E-state index is -0.381. The molecule has 2 aromatic rings. The molecule has 0 amide bonds. The van der Waals surface area contributed by atoms with E-state index in [9.17, 15) is 10.1 Å². The highest BCUT2D eigenvalue weighted by Crippen LogP contribution is 2.54. The van der Waals surface area contributed by atoms with Gasteiger partial charge in [0.25, 0.3) is 5.69 Å². The first-order valence-corrected chi connectivity index (χ1v) is 9.98. The standard InChI is InChI=1S/C21H21BrN2O5/c1-27-17-10-12(24(25)26)9-15-13-5-4-6-14(13)19(23-20(15)17)11-7-16(22)21(29-3)18(8-11)28-2/h4-5,7-10,13-14,19,23H,6H2,1-3H3. The second-order valence-electron chi connectivity index (χ2n) is 7.08. The lowest BCUT2D eigenvalue weighted by atomic mass is 9.76. The lowest BCUT2D eigenvalue weighted by Crippen LogP contribution is -2.29. The summed E-state index contributed by atoms with van der Waals surface area (Å²) in [7, 11) is 4.74. The third-order valence-electron chi connectivity index (χ3n) is 5.66. The molecule has 2 aliphatic rings. The van der Waals surface area contributed by atoms with Gasteiger partial charge in [-0.05, 0) is 51.5 Å². The maximum Gasteiger partial charge on any atom is 0.273 e. The van der Waals surface area contributed by atoms with E-state index >= 15 is 0 Å². The van der Waals surface area contributed by atoms with Gasteiger partial charge in [-0.1, -0.05) is 12.2 Å². The molecular formula is C21H21BrN2O5. The largest absolute Gasteiger partial charge is 0.494 e. The number of nitro benzene ring substituents is 1. The van der Waals surface area contributed by atoms with Crippen LogP contribution in [-0.2, 0) is 0 Å². The Bertz CT molecular complexity index is 1010. The van der Waals surface area contributed by atoms with Crippen LogP contribution in [-0.4, -0.2) is 26.3 Å². The molecular weight excluding hydrogens is 440 g/mol. The summed E-state index contributed by atoms with van der Waals surface area (Å²) in [4.78, 5) is 11.0. The van der Waals surface area contributed by atoms with Crippen LogP contribution in [0.1, 0.15) is 29.5 Å². The van der Waals surface area contributed by atoms with E-state index in [1.165, 1.54) is 13.2 Å². The summed E-state index contributed by atoms with van der Waals surface area (Å²) in [6.45, 7) is 0. The summed E-state index contributed by atoms with van der Waals surface area (Å²) in [6.07, 6.45) is 5.15. The Morgan fingerprint density at radius 1 is 1.10 bits per heavy atom. The predicted molar refractivity (Wildman–Crippen MR) is 113 cm³/mol. The van der Waals surface area contributed by atoms with Crippen molar-refractivity contribution in [2.75, 3.05) is 26.6 Å². The highest BCUT2D eigenvalue weighted by atomic mass is 79.9. The number of nitrogens with one attached hydrogen (secondary N) is 1. The molecule has 0 fully saturated rings. The van der Waals surface area contributed by atoms with Crippen molar-refractivity contribution in [3.8, 4) is 17.2 Å². The molecule has 7 nitrogen and oxygen atoms in total. The number of halogens is 1. The zero-order chi connectivity index (χ0) is 20.7. The van der Waals surface area contributed by atoms with Crippen molar-refractivity contribution in [2.24, 2.45) is 5.92 Å². The van der Waals surface area contributed by atoms with Gasteiger partial charge in [0.15, 0.2) is 11.5 Å². The summed E-state index contributed by atoms with van der Waals surface area (Å²) in [5.41, 5.74) is 2.76. The number of nitro groups is 1. The predicted octanol–water partition coefficient (Wildman–Crippen LogP) is 5.21. The van der Waals surface area contributed by atoms with Gasteiger partial charge in [-0.2, -0.15) is 0 Å². The van der Waals surface area contributed by atoms with Gasteiger partial charge in [0, 0.05) is 12.0 Å². The lowest BCUT2D eigenvalue weighted by Gasteiger charge is -2.38. The van der Waals surface area contributed by atoms with E-state index in [-0.39, 0.29) is 28.5 Å². The molecule has 0 radical (unpaired) electrons. The molecule has 3 atom stereocenters. The minimum Gasteiger partial charge on any atom is -0.494 e. The van der Waals surface area contributed by atoms with Gasteiger partial charge < -0.3 is 19.5 Å². The van der Waals surface area contributed by atoms with Gasteiger partial charge in [0.1, 0.15) is 5.75 Å². The molecule has 29 heavy (non-hydrogen) atoms. The number of fused-ring (bicyclic) bond motifs is 3. The second kappa shape index (κ2) is 7.59. The van der Waals surface area contributed by atoms with E-state index in [0.29, 0.717) is 17.2 Å². The maximum absolute atomic E-state index is 11.4. The van der Waals surface area contributed by atoms with Gasteiger partial charge in [-0.3, -0.25) is 10.1 Å². The van der Waals surface area contributed by atoms with Crippen LogP contribution >= 0.6 is 15.9 Å². The van der Waals surface area contributed by atoms with Crippen molar-refractivity contribution in [1.29, 1.82) is 0 Å². The Labute approximate surface area is 176 Å². The van der Waals surface area contributed by atoms with Crippen LogP contribution in [0.25, 0.3) is 0 Å². The summed E-state index contributed by atoms with van der Waals surface area (Å²) < 4.78 is 17.3.